The molecule has 8 heteroatoms. The minimum Gasteiger partial charge on any atom is -0.384 e. The fourth-order valence-electron chi connectivity index (χ4n) is 4.17. The second-order valence-corrected chi connectivity index (χ2v) is 8.19. The molecule has 1 aliphatic heterocycles. The summed E-state index contributed by atoms with van der Waals surface area (Å²) in [5.74, 6) is 0.469. The summed E-state index contributed by atoms with van der Waals surface area (Å²) in [5, 5.41) is 4.45. The largest absolute Gasteiger partial charge is 0.384 e. The molecule has 1 aromatic carbocycles. The molecule has 33 heavy (non-hydrogen) atoms. The Morgan fingerprint density at radius 1 is 1.09 bits per heavy atom. The van der Waals surface area contributed by atoms with Crippen LogP contribution >= 0.6 is 0 Å². The minimum atomic E-state index is -0.265. The van der Waals surface area contributed by atoms with Crippen LogP contribution in [0.25, 0.3) is 21.9 Å². The first kappa shape index (κ1) is 21.0. The molecule has 166 valence electrons. The van der Waals surface area contributed by atoms with Gasteiger partial charge in [-0.05, 0) is 48.9 Å². The van der Waals surface area contributed by atoms with Crippen molar-refractivity contribution in [3.63, 3.8) is 0 Å². The van der Waals surface area contributed by atoms with Gasteiger partial charge in [0.05, 0.1) is 17.7 Å². The molecule has 1 fully saturated rings. The Balaban J connectivity index is 1.31. The number of amides is 2. The van der Waals surface area contributed by atoms with Crippen molar-refractivity contribution in [3.8, 4) is 0 Å². The number of anilines is 1. The monoisotopic (exact) mass is 441 g/mol. The van der Waals surface area contributed by atoms with Gasteiger partial charge < -0.3 is 15.0 Å². The highest BCUT2D eigenvalue weighted by Gasteiger charge is 2.27. The number of ether oxygens (including phenoxy) is 1. The first-order chi connectivity index (χ1) is 16.1. The number of benzene rings is 1. The van der Waals surface area contributed by atoms with E-state index < -0.39 is 0 Å². The first-order valence-electron chi connectivity index (χ1n) is 10.8. The summed E-state index contributed by atoms with van der Waals surface area (Å²) in [6, 6.07) is 14.4. The van der Waals surface area contributed by atoms with Crippen LogP contribution in [0.3, 0.4) is 0 Å². The van der Waals surface area contributed by atoms with Crippen LogP contribution in [0.5, 0.6) is 0 Å². The smallest absolute Gasteiger partial charge is 0.256 e. The first-order valence-corrected chi connectivity index (χ1v) is 10.8. The molecular formula is C25H23N5O3. The highest BCUT2D eigenvalue weighted by atomic mass is 16.5. The number of likely N-dealkylation sites (tertiary alicyclic amines) is 1. The van der Waals surface area contributed by atoms with Crippen LogP contribution in [0.15, 0.2) is 60.9 Å². The van der Waals surface area contributed by atoms with Crippen molar-refractivity contribution in [1.29, 1.82) is 0 Å². The zero-order chi connectivity index (χ0) is 22.8. The molecule has 1 atom stereocenters. The predicted molar refractivity (Wildman–Crippen MR) is 125 cm³/mol. The lowest BCUT2D eigenvalue weighted by Gasteiger charge is -2.16. The summed E-state index contributed by atoms with van der Waals surface area (Å²) in [6.07, 6.45) is 4.21. The normalized spacial score (nSPS) is 15.8. The summed E-state index contributed by atoms with van der Waals surface area (Å²) in [6.45, 7) is 2.08. The fraction of sp³-hybridized carbons (Fsp3) is 0.240. The van der Waals surface area contributed by atoms with Gasteiger partial charge in [-0.1, -0.05) is 6.07 Å². The Bertz CT molecular complexity index is 1360. The quantitative estimate of drug-likeness (QED) is 0.509. The van der Waals surface area contributed by atoms with Gasteiger partial charge in [-0.2, -0.15) is 0 Å². The van der Waals surface area contributed by atoms with Crippen LogP contribution in [-0.2, 0) is 4.74 Å². The average molecular weight is 441 g/mol. The van der Waals surface area contributed by atoms with Gasteiger partial charge in [0.15, 0.2) is 5.65 Å². The molecule has 1 unspecified atom stereocenters. The van der Waals surface area contributed by atoms with Crippen LogP contribution in [-0.4, -0.2) is 58.5 Å². The number of rotatable bonds is 5. The van der Waals surface area contributed by atoms with E-state index in [4.69, 9.17) is 4.74 Å². The van der Waals surface area contributed by atoms with Crippen molar-refractivity contribution < 1.29 is 14.3 Å². The van der Waals surface area contributed by atoms with Crippen molar-refractivity contribution in [2.45, 2.75) is 6.42 Å². The number of hydrogen-bond donors (Lipinski definition) is 1. The van der Waals surface area contributed by atoms with Gasteiger partial charge in [0.25, 0.3) is 11.8 Å². The molecule has 2 amide bonds. The molecule has 8 nitrogen and oxygen atoms in total. The molecule has 3 aromatic heterocycles. The third-order valence-electron chi connectivity index (χ3n) is 5.87. The lowest BCUT2D eigenvalue weighted by Crippen LogP contribution is -2.29. The van der Waals surface area contributed by atoms with Gasteiger partial charge in [0, 0.05) is 54.8 Å². The van der Waals surface area contributed by atoms with Crippen molar-refractivity contribution in [2.24, 2.45) is 5.92 Å². The molecule has 0 spiro atoms. The number of carbonyl (C=O) groups is 2. The van der Waals surface area contributed by atoms with E-state index in [-0.39, 0.29) is 11.8 Å². The molecule has 0 aliphatic carbocycles. The number of aromatic nitrogens is 3. The van der Waals surface area contributed by atoms with E-state index in [0.29, 0.717) is 41.7 Å². The second kappa shape index (κ2) is 8.91. The van der Waals surface area contributed by atoms with Gasteiger partial charge in [-0.25, -0.2) is 9.97 Å². The molecular weight excluding hydrogens is 418 g/mol. The number of nitrogens with one attached hydrogen (secondary N) is 1. The molecule has 1 N–H and O–H groups in total. The Morgan fingerprint density at radius 2 is 1.97 bits per heavy atom. The predicted octanol–water partition coefficient (Wildman–Crippen LogP) is 3.54. The maximum absolute atomic E-state index is 12.9. The number of pyridine rings is 3. The summed E-state index contributed by atoms with van der Waals surface area (Å²) in [7, 11) is 1.68. The van der Waals surface area contributed by atoms with Gasteiger partial charge in [0.1, 0.15) is 5.82 Å². The number of hydrogen-bond acceptors (Lipinski definition) is 6. The molecule has 1 aliphatic rings. The summed E-state index contributed by atoms with van der Waals surface area (Å²) >= 11 is 0. The van der Waals surface area contributed by atoms with Crippen LogP contribution in [0.2, 0.25) is 0 Å². The number of methoxy groups -OCH3 is 1. The lowest BCUT2D eigenvalue weighted by atomic mass is 10.1. The van der Waals surface area contributed by atoms with Crippen LogP contribution in [0.4, 0.5) is 5.82 Å². The second-order valence-electron chi connectivity index (χ2n) is 8.19. The Hall–Kier alpha value is -3.91. The number of fused-ring (bicyclic) bond motifs is 2. The third-order valence-corrected chi connectivity index (χ3v) is 5.87. The van der Waals surface area contributed by atoms with Gasteiger partial charge in [0.2, 0.25) is 0 Å². The van der Waals surface area contributed by atoms with Gasteiger partial charge >= 0.3 is 0 Å². The van der Waals surface area contributed by atoms with E-state index in [1.54, 1.807) is 43.8 Å². The number of carbonyl (C=O) groups excluding carboxylic acids is 2. The standard InChI is InChI=1S/C25H23N5O3/c1-33-15-16-8-10-30(14-16)25(32)20-12-18-5-7-22(28-23(18)27-13-20)29-24(31)19-4-6-21-17(11-19)3-2-9-26-21/h2-7,9,11-13,16H,8,10,14-15H2,1H3,(H,27,28,29,31). The Kier molecular flexibility index (Phi) is 5.66. The zero-order valence-corrected chi connectivity index (χ0v) is 18.2. The zero-order valence-electron chi connectivity index (χ0n) is 18.2. The van der Waals surface area contributed by atoms with E-state index in [1.807, 2.05) is 29.2 Å². The molecule has 0 bridgehead atoms. The highest BCUT2D eigenvalue weighted by Crippen LogP contribution is 2.21. The van der Waals surface area contributed by atoms with E-state index in [1.165, 1.54) is 0 Å². The third kappa shape index (κ3) is 4.38. The van der Waals surface area contributed by atoms with E-state index in [0.717, 1.165) is 29.3 Å². The molecule has 0 saturated carbocycles. The summed E-state index contributed by atoms with van der Waals surface area (Å²) in [4.78, 5) is 40.5. The maximum atomic E-state index is 12.9. The number of nitrogens with zero attached hydrogens (tertiary/aromatic N) is 4. The SMILES string of the molecule is COCC1CCN(C(=O)c2cnc3nc(NC(=O)c4ccc5ncccc5c4)ccc3c2)C1. The van der Waals surface area contributed by atoms with E-state index >= 15 is 0 Å². The van der Waals surface area contributed by atoms with Crippen LogP contribution < -0.4 is 5.32 Å². The minimum absolute atomic E-state index is 0.0359. The Labute approximate surface area is 190 Å². The highest BCUT2D eigenvalue weighted by molar-refractivity contribution is 6.06. The van der Waals surface area contributed by atoms with Gasteiger partial charge in [-0.15, -0.1) is 0 Å². The molecule has 4 aromatic rings. The fourth-order valence-corrected chi connectivity index (χ4v) is 4.17. The van der Waals surface area contributed by atoms with Crippen molar-refractivity contribution in [1.82, 2.24) is 19.9 Å². The molecule has 1 saturated heterocycles. The van der Waals surface area contributed by atoms with E-state index in [2.05, 4.69) is 20.3 Å². The van der Waals surface area contributed by atoms with E-state index in [9.17, 15) is 9.59 Å². The van der Waals surface area contributed by atoms with Gasteiger partial charge in [-0.3, -0.25) is 14.6 Å². The molecule has 4 heterocycles. The van der Waals surface area contributed by atoms with Crippen molar-refractivity contribution >= 4 is 39.6 Å². The Morgan fingerprint density at radius 3 is 2.85 bits per heavy atom. The summed E-state index contributed by atoms with van der Waals surface area (Å²) < 4.78 is 5.21. The lowest BCUT2D eigenvalue weighted by molar-refractivity contribution is 0.0775. The molecule has 5 rings (SSSR count). The average Bonchev–Trinajstić information content (AvgIpc) is 3.32. The van der Waals surface area contributed by atoms with Crippen LogP contribution in [0, 0.1) is 5.92 Å². The summed E-state index contributed by atoms with van der Waals surface area (Å²) in [5.41, 5.74) is 2.34. The maximum Gasteiger partial charge on any atom is 0.256 e. The van der Waals surface area contributed by atoms with Crippen molar-refractivity contribution in [3.05, 3.63) is 72.1 Å². The topological polar surface area (TPSA) is 97.3 Å². The van der Waals surface area contributed by atoms with Crippen LogP contribution in [0.1, 0.15) is 27.1 Å². The van der Waals surface area contributed by atoms with Crippen molar-refractivity contribution in [2.75, 3.05) is 32.1 Å². The molecule has 0 radical (unpaired) electrons.